The molecule has 3 rings (SSSR count). The zero-order valence-corrected chi connectivity index (χ0v) is 12.0. The first kappa shape index (κ1) is 13.1. The first-order valence-corrected chi connectivity index (χ1v) is 7.33. The molecule has 2 unspecified atom stereocenters. The zero-order chi connectivity index (χ0) is 14.1. The molecular formula is C14H21N5O. The molecule has 2 aliphatic heterocycles. The molecule has 3 heterocycles. The van der Waals surface area contributed by atoms with Crippen molar-refractivity contribution in [3.05, 3.63) is 11.8 Å². The van der Waals surface area contributed by atoms with Crippen molar-refractivity contribution < 1.29 is 4.79 Å². The van der Waals surface area contributed by atoms with Crippen molar-refractivity contribution in [2.75, 3.05) is 29.9 Å². The van der Waals surface area contributed by atoms with Gasteiger partial charge in [0.05, 0.1) is 12.0 Å². The number of anilines is 2. The maximum atomic E-state index is 11.8. The number of carbonyl (C=O) groups excluding carboxylic acids is 1. The molecule has 1 amide bonds. The second kappa shape index (κ2) is 5.26. The topological polar surface area (TPSA) is 70.2 Å². The minimum atomic E-state index is 0.113. The summed E-state index contributed by atoms with van der Waals surface area (Å²) in [5.74, 6) is 1.90. The minimum absolute atomic E-state index is 0.113. The molecule has 0 aromatic carbocycles. The Morgan fingerprint density at radius 1 is 1.50 bits per heavy atom. The summed E-state index contributed by atoms with van der Waals surface area (Å²) in [5, 5.41) is 6.14. The number of nitrogens with zero attached hydrogens (tertiary/aromatic N) is 3. The number of hydrogen-bond acceptors (Lipinski definition) is 5. The Morgan fingerprint density at radius 2 is 2.35 bits per heavy atom. The Bertz CT molecular complexity index is 518. The number of fused-ring (bicyclic) bond motifs is 1. The van der Waals surface area contributed by atoms with Gasteiger partial charge in [0.25, 0.3) is 0 Å². The van der Waals surface area contributed by atoms with Gasteiger partial charge in [0.15, 0.2) is 0 Å². The number of aromatic nitrogens is 2. The Balaban J connectivity index is 1.89. The van der Waals surface area contributed by atoms with E-state index in [2.05, 4.69) is 25.5 Å². The van der Waals surface area contributed by atoms with Gasteiger partial charge in [-0.25, -0.2) is 4.98 Å². The number of piperidine rings is 1. The van der Waals surface area contributed by atoms with Crippen LogP contribution in [0, 0.1) is 12.8 Å². The number of hydrogen-bond donors (Lipinski definition) is 2. The van der Waals surface area contributed by atoms with E-state index < -0.39 is 0 Å². The van der Waals surface area contributed by atoms with Crippen molar-refractivity contribution >= 4 is 17.7 Å². The summed E-state index contributed by atoms with van der Waals surface area (Å²) in [6.45, 7) is 6.49. The van der Waals surface area contributed by atoms with E-state index in [4.69, 9.17) is 0 Å². The van der Waals surface area contributed by atoms with Crippen molar-refractivity contribution in [2.24, 2.45) is 5.92 Å². The average Bonchev–Trinajstić information content (AvgIpc) is 2.80. The lowest BCUT2D eigenvalue weighted by atomic mass is 9.91. The number of rotatable bonds is 3. The maximum absolute atomic E-state index is 11.8. The lowest BCUT2D eigenvalue weighted by Gasteiger charge is -2.37. The Kier molecular flexibility index (Phi) is 3.46. The molecule has 108 valence electrons. The van der Waals surface area contributed by atoms with Crippen LogP contribution in [-0.4, -0.2) is 41.6 Å². The summed E-state index contributed by atoms with van der Waals surface area (Å²) in [5.41, 5.74) is 0.949. The van der Waals surface area contributed by atoms with E-state index in [9.17, 15) is 4.79 Å². The summed E-state index contributed by atoms with van der Waals surface area (Å²) in [6, 6.07) is 2.24. The first-order chi connectivity index (χ1) is 9.69. The minimum Gasteiger partial charge on any atom is -0.354 e. The average molecular weight is 275 g/mol. The molecule has 0 bridgehead atoms. The number of nitrogens with one attached hydrogen (secondary N) is 2. The van der Waals surface area contributed by atoms with Gasteiger partial charge >= 0.3 is 0 Å². The van der Waals surface area contributed by atoms with E-state index in [-0.39, 0.29) is 17.9 Å². The third kappa shape index (κ3) is 2.30. The highest BCUT2D eigenvalue weighted by atomic mass is 16.2. The molecule has 1 aromatic rings. The highest BCUT2D eigenvalue weighted by molar-refractivity contribution is 5.83. The predicted octanol–water partition coefficient (Wildman–Crippen LogP) is 0.932. The molecular weight excluding hydrogens is 254 g/mol. The molecule has 2 saturated heterocycles. The highest BCUT2D eigenvalue weighted by Gasteiger charge is 2.41. The molecule has 6 heteroatoms. The van der Waals surface area contributed by atoms with Gasteiger partial charge in [-0.1, -0.05) is 0 Å². The van der Waals surface area contributed by atoms with Crippen LogP contribution in [0.25, 0.3) is 0 Å². The van der Waals surface area contributed by atoms with Crippen LogP contribution >= 0.6 is 0 Å². The molecule has 2 fully saturated rings. The van der Waals surface area contributed by atoms with Crippen molar-refractivity contribution in [3.63, 3.8) is 0 Å². The Morgan fingerprint density at radius 3 is 3.15 bits per heavy atom. The normalized spacial score (nSPS) is 25.3. The summed E-state index contributed by atoms with van der Waals surface area (Å²) >= 11 is 0. The number of amides is 1. The van der Waals surface area contributed by atoms with Crippen molar-refractivity contribution in [2.45, 2.75) is 32.7 Å². The molecule has 2 aliphatic rings. The van der Waals surface area contributed by atoms with E-state index in [1.807, 2.05) is 19.9 Å². The summed E-state index contributed by atoms with van der Waals surface area (Å²) in [6.07, 6.45) is 2.02. The maximum Gasteiger partial charge on any atom is 0.225 e. The third-order valence-corrected chi connectivity index (χ3v) is 4.07. The van der Waals surface area contributed by atoms with E-state index in [1.165, 1.54) is 0 Å². The highest BCUT2D eigenvalue weighted by Crippen LogP contribution is 2.31. The molecule has 0 aliphatic carbocycles. The van der Waals surface area contributed by atoms with Gasteiger partial charge in [0.2, 0.25) is 11.9 Å². The van der Waals surface area contributed by atoms with Crippen LogP contribution in [-0.2, 0) is 4.79 Å². The van der Waals surface area contributed by atoms with Crippen LogP contribution in [0.2, 0.25) is 0 Å². The van der Waals surface area contributed by atoms with Crippen LogP contribution in [0.5, 0.6) is 0 Å². The fraction of sp³-hybridized carbons (Fsp3) is 0.643. The van der Waals surface area contributed by atoms with Crippen LogP contribution < -0.4 is 15.5 Å². The lowest BCUT2D eigenvalue weighted by molar-refractivity contribution is -0.122. The van der Waals surface area contributed by atoms with Crippen LogP contribution in [0.15, 0.2) is 6.07 Å². The third-order valence-electron chi connectivity index (χ3n) is 4.07. The van der Waals surface area contributed by atoms with Crippen LogP contribution in [0.1, 0.15) is 25.5 Å². The molecule has 2 N–H and O–H groups in total. The molecule has 6 nitrogen and oxygen atoms in total. The van der Waals surface area contributed by atoms with Gasteiger partial charge in [-0.3, -0.25) is 4.79 Å². The first-order valence-electron chi connectivity index (χ1n) is 7.33. The van der Waals surface area contributed by atoms with Gasteiger partial charge in [-0.2, -0.15) is 4.98 Å². The molecule has 0 saturated carbocycles. The van der Waals surface area contributed by atoms with Gasteiger partial charge < -0.3 is 15.5 Å². The van der Waals surface area contributed by atoms with Gasteiger partial charge in [-0.05, 0) is 26.7 Å². The SMILES string of the molecule is CCNc1nc(C)cc(N2CCCC3C(=O)NCC32)n1. The van der Waals surface area contributed by atoms with Crippen LogP contribution in [0.3, 0.4) is 0 Å². The predicted molar refractivity (Wildman–Crippen MR) is 77.8 cm³/mol. The second-order valence-electron chi connectivity index (χ2n) is 5.48. The Hall–Kier alpha value is -1.85. The van der Waals surface area contributed by atoms with Crippen molar-refractivity contribution in [1.29, 1.82) is 0 Å². The summed E-state index contributed by atoms with van der Waals surface area (Å²) in [4.78, 5) is 23.1. The number of carbonyl (C=O) groups is 1. The van der Waals surface area contributed by atoms with E-state index in [0.29, 0.717) is 5.95 Å². The Labute approximate surface area is 119 Å². The van der Waals surface area contributed by atoms with E-state index >= 15 is 0 Å². The fourth-order valence-corrected chi connectivity index (χ4v) is 3.17. The standard InChI is InChI=1S/C14H21N5O/c1-3-15-14-17-9(2)7-12(18-14)19-6-4-5-10-11(19)8-16-13(10)20/h7,10-11H,3-6,8H2,1-2H3,(H,16,20)(H,15,17,18). The quantitative estimate of drug-likeness (QED) is 0.859. The van der Waals surface area contributed by atoms with Crippen molar-refractivity contribution in [3.8, 4) is 0 Å². The van der Waals surface area contributed by atoms with Crippen molar-refractivity contribution in [1.82, 2.24) is 15.3 Å². The summed E-state index contributed by atoms with van der Waals surface area (Å²) in [7, 11) is 0. The van der Waals surface area contributed by atoms with Gasteiger partial charge in [0.1, 0.15) is 5.82 Å². The van der Waals surface area contributed by atoms with Gasteiger partial charge in [0, 0.05) is 31.4 Å². The molecule has 1 aromatic heterocycles. The lowest BCUT2D eigenvalue weighted by Crippen LogP contribution is -2.46. The monoisotopic (exact) mass is 275 g/mol. The van der Waals surface area contributed by atoms with E-state index in [1.54, 1.807) is 0 Å². The van der Waals surface area contributed by atoms with Crippen LogP contribution in [0.4, 0.5) is 11.8 Å². The molecule has 0 spiro atoms. The largest absolute Gasteiger partial charge is 0.354 e. The second-order valence-corrected chi connectivity index (χ2v) is 5.48. The van der Waals surface area contributed by atoms with Gasteiger partial charge in [-0.15, -0.1) is 0 Å². The molecule has 0 radical (unpaired) electrons. The smallest absolute Gasteiger partial charge is 0.225 e. The zero-order valence-electron chi connectivity index (χ0n) is 12.0. The summed E-state index contributed by atoms with van der Waals surface area (Å²) < 4.78 is 0. The number of aryl methyl sites for hydroxylation is 1. The molecule has 20 heavy (non-hydrogen) atoms. The van der Waals surface area contributed by atoms with E-state index in [0.717, 1.165) is 44.0 Å². The fourth-order valence-electron chi connectivity index (χ4n) is 3.17. The molecule has 2 atom stereocenters.